The lowest BCUT2D eigenvalue weighted by Gasteiger charge is -2.23. The fourth-order valence-corrected chi connectivity index (χ4v) is 2.48. The van der Waals surface area contributed by atoms with Crippen molar-refractivity contribution in [1.82, 2.24) is 19.7 Å². The molecule has 1 aliphatic heterocycles. The second-order valence-electron chi connectivity index (χ2n) is 5.56. The van der Waals surface area contributed by atoms with Crippen molar-refractivity contribution in [3.8, 4) is 0 Å². The lowest BCUT2D eigenvalue weighted by Crippen LogP contribution is -2.30. The Balaban J connectivity index is 1.59. The van der Waals surface area contributed by atoms with Crippen molar-refractivity contribution in [3.63, 3.8) is 0 Å². The molecule has 0 amide bonds. The number of ether oxygens (including phenoxy) is 1. The zero-order valence-corrected chi connectivity index (χ0v) is 13.0. The molecular weight excluding hydrogens is 280 g/mol. The summed E-state index contributed by atoms with van der Waals surface area (Å²) in [6.45, 7) is 4.31. The summed E-state index contributed by atoms with van der Waals surface area (Å²) in [5.74, 6) is 1.45. The molecule has 0 bridgehead atoms. The number of hydrogen-bond donors (Lipinski definition) is 2. The average molecular weight is 302 g/mol. The molecule has 2 N–H and O–H groups in total. The lowest BCUT2D eigenvalue weighted by atomic mass is 10.1. The summed E-state index contributed by atoms with van der Waals surface area (Å²) in [4.78, 5) is 8.77. The molecule has 22 heavy (non-hydrogen) atoms. The van der Waals surface area contributed by atoms with Crippen molar-refractivity contribution in [1.29, 1.82) is 0 Å². The van der Waals surface area contributed by atoms with Crippen LogP contribution < -0.4 is 10.6 Å². The van der Waals surface area contributed by atoms with E-state index in [0.717, 1.165) is 43.1 Å². The molecule has 0 saturated carbocycles. The molecule has 0 aromatic carbocycles. The highest BCUT2D eigenvalue weighted by Crippen LogP contribution is 2.14. The lowest BCUT2D eigenvalue weighted by molar-refractivity contribution is 0.0875. The topological polar surface area (TPSA) is 76.9 Å². The standard InChI is InChI=1S/C15H22N6O/c1-11-12(9-18-21(11)2)8-17-15-16-6-5-14(20-15)19-13-4-3-7-22-10-13/h5-6,9,13H,3-4,7-8,10H2,1-2H3,(H2,16,17,19,20)/t13-/m0/s1. The maximum absolute atomic E-state index is 5.47. The largest absolute Gasteiger partial charge is 0.379 e. The highest BCUT2D eigenvalue weighted by Gasteiger charge is 2.14. The Morgan fingerprint density at radius 1 is 1.45 bits per heavy atom. The van der Waals surface area contributed by atoms with Gasteiger partial charge in [-0.25, -0.2) is 4.98 Å². The molecule has 2 aromatic rings. The van der Waals surface area contributed by atoms with Gasteiger partial charge in [0.05, 0.1) is 18.8 Å². The van der Waals surface area contributed by atoms with Gasteiger partial charge in [0.2, 0.25) is 5.95 Å². The van der Waals surface area contributed by atoms with Crippen LogP contribution in [0.1, 0.15) is 24.1 Å². The molecule has 118 valence electrons. The van der Waals surface area contributed by atoms with Crippen LogP contribution in [0, 0.1) is 6.92 Å². The summed E-state index contributed by atoms with van der Waals surface area (Å²) in [6, 6.07) is 2.21. The first-order valence-electron chi connectivity index (χ1n) is 7.61. The minimum atomic E-state index is 0.331. The van der Waals surface area contributed by atoms with Crippen LogP contribution in [-0.4, -0.2) is 39.0 Å². The van der Waals surface area contributed by atoms with Crippen LogP contribution in [0.4, 0.5) is 11.8 Å². The normalized spacial score (nSPS) is 18.2. The minimum Gasteiger partial charge on any atom is -0.379 e. The van der Waals surface area contributed by atoms with Gasteiger partial charge < -0.3 is 15.4 Å². The van der Waals surface area contributed by atoms with Gasteiger partial charge in [0.25, 0.3) is 0 Å². The zero-order chi connectivity index (χ0) is 15.4. The molecule has 1 aliphatic rings. The van der Waals surface area contributed by atoms with Crippen LogP contribution in [-0.2, 0) is 18.3 Å². The van der Waals surface area contributed by atoms with Crippen molar-refractivity contribution in [2.45, 2.75) is 32.4 Å². The summed E-state index contributed by atoms with van der Waals surface area (Å²) < 4.78 is 7.33. The molecule has 0 radical (unpaired) electrons. The van der Waals surface area contributed by atoms with E-state index in [9.17, 15) is 0 Å². The minimum absolute atomic E-state index is 0.331. The smallest absolute Gasteiger partial charge is 0.224 e. The van der Waals surface area contributed by atoms with Gasteiger partial charge in [-0.2, -0.15) is 10.1 Å². The summed E-state index contributed by atoms with van der Waals surface area (Å²) >= 11 is 0. The van der Waals surface area contributed by atoms with Crippen LogP contribution in [0.2, 0.25) is 0 Å². The molecule has 1 fully saturated rings. The Kier molecular flexibility index (Phi) is 4.53. The summed E-state index contributed by atoms with van der Waals surface area (Å²) in [6.07, 6.45) is 5.83. The third kappa shape index (κ3) is 3.54. The van der Waals surface area contributed by atoms with Gasteiger partial charge in [-0.05, 0) is 25.8 Å². The molecular formula is C15H22N6O. The average Bonchev–Trinajstić information content (AvgIpc) is 2.86. The Morgan fingerprint density at radius 2 is 2.36 bits per heavy atom. The van der Waals surface area contributed by atoms with E-state index in [1.165, 1.54) is 0 Å². The molecule has 7 heteroatoms. The van der Waals surface area contributed by atoms with E-state index < -0.39 is 0 Å². The van der Waals surface area contributed by atoms with E-state index in [-0.39, 0.29) is 0 Å². The SMILES string of the molecule is Cc1c(CNc2nccc(N[C@H]3CCCOC3)n2)cnn1C. The maximum Gasteiger partial charge on any atom is 0.224 e. The molecule has 7 nitrogen and oxygen atoms in total. The Bertz CT molecular complexity index is 620. The van der Waals surface area contributed by atoms with Crippen LogP contribution >= 0.6 is 0 Å². The van der Waals surface area contributed by atoms with Crippen LogP contribution in [0.5, 0.6) is 0 Å². The molecule has 2 aromatic heterocycles. The molecule has 1 saturated heterocycles. The summed E-state index contributed by atoms with van der Waals surface area (Å²) in [5.41, 5.74) is 2.28. The molecule has 3 rings (SSSR count). The van der Waals surface area contributed by atoms with Gasteiger partial charge in [-0.15, -0.1) is 0 Å². The third-order valence-corrected chi connectivity index (χ3v) is 3.94. The van der Waals surface area contributed by atoms with Crippen molar-refractivity contribution >= 4 is 11.8 Å². The highest BCUT2D eigenvalue weighted by molar-refractivity contribution is 5.41. The first-order valence-corrected chi connectivity index (χ1v) is 7.61. The van der Waals surface area contributed by atoms with E-state index in [0.29, 0.717) is 18.5 Å². The second kappa shape index (κ2) is 6.74. The molecule has 1 atom stereocenters. The first kappa shape index (κ1) is 14.8. The number of rotatable bonds is 5. The van der Waals surface area contributed by atoms with E-state index in [4.69, 9.17) is 4.74 Å². The fraction of sp³-hybridized carbons (Fsp3) is 0.533. The Hall–Kier alpha value is -2.15. The Morgan fingerprint density at radius 3 is 3.09 bits per heavy atom. The van der Waals surface area contributed by atoms with Gasteiger partial charge in [0.15, 0.2) is 0 Å². The third-order valence-electron chi connectivity index (χ3n) is 3.94. The second-order valence-corrected chi connectivity index (χ2v) is 5.56. The van der Waals surface area contributed by atoms with Gasteiger partial charge in [0, 0.05) is 37.7 Å². The van der Waals surface area contributed by atoms with Crippen molar-refractivity contribution in [2.24, 2.45) is 7.05 Å². The predicted molar refractivity (Wildman–Crippen MR) is 84.8 cm³/mol. The highest BCUT2D eigenvalue weighted by atomic mass is 16.5. The monoisotopic (exact) mass is 302 g/mol. The molecule has 0 aliphatic carbocycles. The number of nitrogens with one attached hydrogen (secondary N) is 2. The van der Waals surface area contributed by atoms with Crippen LogP contribution in [0.25, 0.3) is 0 Å². The maximum atomic E-state index is 5.47. The van der Waals surface area contributed by atoms with Gasteiger partial charge in [-0.1, -0.05) is 0 Å². The van der Waals surface area contributed by atoms with E-state index >= 15 is 0 Å². The van der Waals surface area contributed by atoms with Gasteiger partial charge >= 0.3 is 0 Å². The van der Waals surface area contributed by atoms with Gasteiger partial charge in [-0.3, -0.25) is 4.68 Å². The molecule has 0 spiro atoms. The van der Waals surface area contributed by atoms with Crippen molar-refractivity contribution in [3.05, 3.63) is 29.7 Å². The van der Waals surface area contributed by atoms with Crippen LogP contribution in [0.3, 0.4) is 0 Å². The van der Waals surface area contributed by atoms with E-state index in [1.54, 1.807) is 6.20 Å². The number of anilines is 2. The number of nitrogens with zero attached hydrogens (tertiary/aromatic N) is 4. The number of hydrogen-bond acceptors (Lipinski definition) is 6. The summed E-state index contributed by atoms with van der Waals surface area (Å²) in [5, 5.41) is 10.9. The quantitative estimate of drug-likeness (QED) is 0.876. The van der Waals surface area contributed by atoms with E-state index in [1.807, 2.05) is 30.9 Å². The Labute approximate surface area is 130 Å². The number of aromatic nitrogens is 4. The molecule has 0 unspecified atom stereocenters. The first-order chi connectivity index (χ1) is 10.7. The zero-order valence-electron chi connectivity index (χ0n) is 13.0. The van der Waals surface area contributed by atoms with Gasteiger partial charge in [0.1, 0.15) is 5.82 Å². The molecule has 3 heterocycles. The van der Waals surface area contributed by atoms with Crippen LogP contribution in [0.15, 0.2) is 18.5 Å². The van der Waals surface area contributed by atoms with Crippen molar-refractivity contribution < 1.29 is 4.74 Å². The predicted octanol–water partition coefficient (Wildman–Crippen LogP) is 1.72. The summed E-state index contributed by atoms with van der Waals surface area (Å²) in [7, 11) is 1.94. The van der Waals surface area contributed by atoms with Crippen molar-refractivity contribution in [2.75, 3.05) is 23.8 Å². The number of aryl methyl sites for hydroxylation is 1. The fourth-order valence-electron chi connectivity index (χ4n) is 2.48. The van der Waals surface area contributed by atoms with E-state index in [2.05, 4.69) is 25.7 Å².